The molecule has 0 spiro atoms. The van der Waals surface area contributed by atoms with Gasteiger partial charge in [-0.25, -0.2) is 0 Å². The molecule has 0 aromatic rings. The number of rotatable bonds is 3. The maximum atomic E-state index is 9.64. The molecule has 0 atom stereocenters. The maximum Gasteiger partial charge on any atom is 0 e. The van der Waals surface area contributed by atoms with Crippen molar-refractivity contribution < 1.29 is 36.3 Å². The van der Waals surface area contributed by atoms with Crippen molar-refractivity contribution >= 4 is 71.1 Å². The molecular weight excluding hydrogens is 217 g/mol. The van der Waals surface area contributed by atoms with Crippen molar-refractivity contribution in [1.82, 2.24) is 0 Å². The first kappa shape index (κ1) is 22.9. The second-order valence-electron chi connectivity index (χ2n) is 1.29. The molecule has 0 bridgehead atoms. The monoisotopic (exact) mass is 224 g/mol. The van der Waals surface area contributed by atoms with Crippen LogP contribution in [0.1, 0.15) is 12.8 Å². The van der Waals surface area contributed by atoms with Gasteiger partial charge < -0.3 is 10.2 Å². The summed E-state index contributed by atoms with van der Waals surface area (Å²) in [6.07, 6.45) is -0.593. The molecule has 0 aliphatic rings. The van der Waals surface area contributed by atoms with Crippen LogP contribution in [0.2, 0.25) is 0 Å². The molecule has 7 heteroatoms. The standard InChI is InChI=1S/C4H6O4.2Na.Ni.2H/c5-3(6)1-2-4(7)8;;;;;/h1-2H2,(H,5,6)(H,7,8);;;;;. The zero-order valence-electron chi connectivity index (χ0n) is 4.44. The van der Waals surface area contributed by atoms with E-state index >= 15 is 0 Å². The van der Waals surface area contributed by atoms with E-state index in [1.165, 1.54) is 0 Å². The van der Waals surface area contributed by atoms with Crippen molar-refractivity contribution in [2.75, 3.05) is 0 Å². The van der Waals surface area contributed by atoms with Gasteiger partial charge in [0.1, 0.15) is 0 Å². The van der Waals surface area contributed by atoms with Crippen LogP contribution in [-0.2, 0) is 26.1 Å². The van der Waals surface area contributed by atoms with Crippen LogP contribution < -0.4 is 0 Å². The summed E-state index contributed by atoms with van der Waals surface area (Å²) in [6, 6.07) is 0. The van der Waals surface area contributed by atoms with E-state index in [9.17, 15) is 9.59 Å². The molecule has 0 unspecified atom stereocenters. The zero-order chi connectivity index (χ0) is 6.57. The predicted octanol–water partition coefficient (Wildman–Crippen LogP) is -1.36. The van der Waals surface area contributed by atoms with Crippen LogP contribution in [0, 0.1) is 0 Å². The molecule has 4 nitrogen and oxygen atoms in total. The molecular formula is C4H8Na2NiO4. The third-order valence-corrected chi connectivity index (χ3v) is 0.553. The van der Waals surface area contributed by atoms with Gasteiger partial charge in [0.15, 0.2) is 0 Å². The number of hydrogen-bond donors (Lipinski definition) is 2. The number of hydrogen-bond acceptors (Lipinski definition) is 2. The van der Waals surface area contributed by atoms with Crippen molar-refractivity contribution in [1.29, 1.82) is 0 Å². The average Bonchev–Trinajstić information content (AvgIpc) is 1.61. The fraction of sp³-hybridized carbons (Fsp3) is 0.500. The van der Waals surface area contributed by atoms with Gasteiger partial charge in [0.25, 0.3) is 0 Å². The maximum absolute atomic E-state index is 9.64. The van der Waals surface area contributed by atoms with Gasteiger partial charge in [-0.05, 0) is 0 Å². The predicted molar refractivity (Wildman–Crippen MR) is 38.8 cm³/mol. The summed E-state index contributed by atoms with van der Waals surface area (Å²) in [5.74, 6) is -2.15. The van der Waals surface area contributed by atoms with Gasteiger partial charge in [-0.1, -0.05) is 0 Å². The van der Waals surface area contributed by atoms with Gasteiger partial charge in [0, 0.05) is 16.5 Å². The van der Waals surface area contributed by atoms with Crippen LogP contribution >= 0.6 is 0 Å². The molecule has 0 fully saturated rings. The van der Waals surface area contributed by atoms with Crippen LogP contribution in [0.5, 0.6) is 0 Å². The molecule has 0 radical (unpaired) electrons. The van der Waals surface area contributed by atoms with E-state index < -0.39 is 11.9 Å². The Morgan fingerprint density at radius 2 is 1.09 bits per heavy atom. The Balaban J connectivity index is -0.0000000817. The summed E-state index contributed by atoms with van der Waals surface area (Å²) in [5.41, 5.74) is 0. The fourth-order valence-electron chi connectivity index (χ4n) is 0.214. The summed E-state index contributed by atoms with van der Waals surface area (Å²) in [4.78, 5) is 19.3. The Morgan fingerprint density at radius 1 is 0.909 bits per heavy atom. The largest absolute Gasteiger partial charge is 0 e. The number of carbonyl (C=O) groups is 2. The van der Waals surface area contributed by atoms with Crippen LogP contribution in [0.4, 0.5) is 0 Å². The normalized spacial score (nSPS) is 6.18. The van der Waals surface area contributed by atoms with Crippen molar-refractivity contribution in [3.63, 3.8) is 0 Å². The Morgan fingerprint density at radius 3 is 1.18 bits per heavy atom. The molecule has 0 amide bonds. The first-order valence-corrected chi connectivity index (χ1v) is 2.06. The molecule has 0 saturated carbocycles. The summed E-state index contributed by atoms with van der Waals surface area (Å²) in [5, 5.41) is 15.8. The quantitative estimate of drug-likeness (QED) is 0.581. The van der Waals surface area contributed by atoms with Gasteiger partial charge in [-0.2, -0.15) is 0 Å². The van der Waals surface area contributed by atoms with E-state index in [4.69, 9.17) is 10.2 Å². The van der Waals surface area contributed by atoms with E-state index in [-0.39, 0.29) is 88.4 Å². The summed E-state index contributed by atoms with van der Waals surface area (Å²) in [7, 11) is 0. The molecule has 0 saturated heterocycles. The Kier molecular flexibility index (Phi) is 29.1. The van der Waals surface area contributed by atoms with E-state index in [0.29, 0.717) is 0 Å². The SMILES string of the molecule is O=C(O)CCC(=O)O.[NaH].[NaH].[Ni]. The van der Waals surface area contributed by atoms with Gasteiger partial charge >= 0.3 is 71.1 Å². The van der Waals surface area contributed by atoms with E-state index in [1.54, 1.807) is 0 Å². The fourth-order valence-corrected chi connectivity index (χ4v) is 0.214. The molecule has 2 N–H and O–H groups in total. The molecule has 0 aromatic carbocycles. The second-order valence-corrected chi connectivity index (χ2v) is 1.29. The third-order valence-electron chi connectivity index (χ3n) is 0.553. The van der Waals surface area contributed by atoms with Crippen LogP contribution in [-0.4, -0.2) is 81.3 Å². The van der Waals surface area contributed by atoms with Crippen LogP contribution in [0.3, 0.4) is 0 Å². The first-order valence-electron chi connectivity index (χ1n) is 2.06. The third kappa shape index (κ3) is 24.6. The minimum Gasteiger partial charge on any atom is 0 e. The molecule has 0 rings (SSSR count). The summed E-state index contributed by atoms with van der Waals surface area (Å²) in [6.45, 7) is 0. The van der Waals surface area contributed by atoms with E-state index in [1.807, 2.05) is 0 Å². The van der Waals surface area contributed by atoms with Crippen LogP contribution in [0.15, 0.2) is 0 Å². The number of aliphatic carboxylic acids is 2. The van der Waals surface area contributed by atoms with Gasteiger partial charge in [-0.15, -0.1) is 0 Å². The molecule has 0 heterocycles. The topological polar surface area (TPSA) is 74.6 Å². The summed E-state index contributed by atoms with van der Waals surface area (Å²) < 4.78 is 0. The smallest absolute Gasteiger partial charge is 0 e. The first-order chi connectivity index (χ1) is 3.63. The van der Waals surface area contributed by atoms with E-state index in [0.717, 1.165) is 0 Å². The van der Waals surface area contributed by atoms with Gasteiger partial charge in [0.05, 0.1) is 12.8 Å². The Hall–Kier alpha value is 1.43. The Labute approximate surface area is 119 Å². The van der Waals surface area contributed by atoms with Crippen LogP contribution in [0.25, 0.3) is 0 Å². The van der Waals surface area contributed by atoms with Crippen molar-refractivity contribution in [3.8, 4) is 0 Å². The van der Waals surface area contributed by atoms with E-state index in [2.05, 4.69) is 0 Å². The Bertz CT molecular complexity index is 105. The molecule has 60 valence electrons. The average molecular weight is 225 g/mol. The van der Waals surface area contributed by atoms with Gasteiger partial charge in [-0.3, -0.25) is 9.59 Å². The van der Waals surface area contributed by atoms with Gasteiger partial charge in [0.2, 0.25) is 0 Å². The summed E-state index contributed by atoms with van der Waals surface area (Å²) >= 11 is 0. The van der Waals surface area contributed by atoms with Crippen molar-refractivity contribution in [2.24, 2.45) is 0 Å². The molecule has 0 aliphatic carbocycles. The minimum absolute atomic E-state index is 0. The molecule has 11 heavy (non-hydrogen) atoms. The molecule has 0 aliphatic heterocycles. The number of carboxylic acids is 2. The minimum atomic E-state index is -1.08. The molecule has 0 aromatic heterocycles. The van der Waals surface area contributed by atoms with Crippen molar-refractivity contribution in [3.05, 3.63) is 0 Å². The van der Waals surface area contributed by atoms with Crippen molar-refractivity contribution in [2.45, 2.75) is 12.8 Å². The second kappa shape index (κ2) is 14.0. The number of carboxylic acid groups (broad SMARTS) is 2. The zero-order valence-corrected chi connectivity index (χ0v) is 5.43.